The first-order valence-electron chi connectivity index (χ1n) is 6.09. The van der Waals surface area contributed by atoms with E-state index in [0.29, 0.717) is 5.75 Å². The van der Waals surface area contributed by atoms with Crippen molar-refractivity contribution in [2.45, 2.75) is 33.9 Å². The van der Waals surface area contributed by atoms with E-state index in [2.05, 4.69) is 23.0 Å². The average Bonchev–Trinajstić information content (AvgIpc) is 2.72. The molecule has 96 valence electrons. The molecule has 2 aromatic rings. The molecule has 3 heteroatoms. The Balaban J connectivity index is 1.97. The zero-order valence-corrected chi connectivity index (χ0v) is 11.9. The molecule has 0 spiro atoms. The molecule has 1 aromatic heterocycles. The minimum atomic E-state index is 0.410. The van der Waals surface area contributed by atoms with Gasteiger partial charge in [-0.05, 0) is 59.3 Å². The van der Waals surface area contributed by atoms with Gasteiger partial charge in [0.25, 0.3) is 0 Å². The fraction of sp³-hybridized carbons (Fsp3) is 0.333. The van der Waals surface area contributed by atoms with E-state index in [1.165, 1.54) is 16.7 Å². The third kappa shape index (κ3) is 2.92. The van der Waals surface area contributed by atoms with Crippen molar-refractivity contribution in [2.75, 3.05) is 0 Å². The number of hydrogen-bond donors (Lipinski definition) is 2. The van der Waals surface area contributed by atoms with Gasteiger partial charge in [0.2, 0.25) is 0 Å². The Hall–Kier alpha value is -1.32. The second kappa shape index (κ2) is 5.55. The molecule has 0 saturated heterocycles. The molecule has 1 heterocycles. The van der Waals surface area contributed by atoms with Gasteiger partial charge < -0.3 is 10.4 Å². The first kappa shape index (κ1) is 13.1. The first-order valence-corrected chi connectivity index (χ1v) is 7.03. The fourth-order valence-electron chi connectivity index (χ4n) is 2.06. The zero-order valence-electron chi connectivity index (χ0n) is 11.1. The van der Waals surface area contributed by atoms with E-state index in [-0.39, 0.29) is 0 Å². The lowest BCUT2D eigenvalue weighted by molar-refractivity contribution is 0.466. The molecule has 2 rings (SSSR count). The number of hydrogen-bond acceptors (Lipinski definition) is 3. The summed E-state index contributed by atoms with van der Waals surface area (Å²) in [4.78, 5) is 0. The summed E-state index contributed by atoms with van der Waals surface area (Å²) < 4.78 is 0. The van der Waals surface area contributed by atoms with Crippen LogP contribution in [0.1, 0.15) is 27.8 Å². The van der Waals surface area contributed by atoms with Crippen molar-refractivity contribution in [3.63, 3.8) is 0 Å². The van der Waals surface area contributed by atoms with Crippen LogP contribution in [0.2, 0.25) is 0 Å². The fourth-order valence-corrected chi connectivity index (χ4v) is 2.91. The van der Waals surface area contributed by atoms with Gasteiger partial charge in [0, 0.05) is 13.1 Å². The largest absolute Gasteiger partial charge is 0.507 e. The highest BCUT2D eigenvalue weighted by atomic mass is 32.1. The van der Waals surface area contributed by atoms with Crippen molar-refractivity contribution >= 4 is 11.3 Å². The topological polar surface area (TPSA) is 32.3 Å². The van der Waals surface area contributed by atoms with Crippen LogP contribution in [0.5, 0.6) is 5.75 Å². The maximum absolute atomic E-state index is 9.72. The molecule has 0 amide bonds. The number of phenolic OH excluding ortho intramolecular Hbond substituents is 1. The van der Waals surface area contributed by atoms with Crippen molar-refractivity contribution in [3.05, 3.63) is 50.7 Å². The molecule has 0 bridgehead atoms. The summed E-state index contributed by atoms with van der Waals surface area (Å²) in [7, 11) is 0. The summed E-state index contributed by atoms with van der Waals surface area (Å²) in [5.74, 6) is 0.410. The maximum Gasteiger partial charge on any atom is 0.121 e. The lowest BCUT2D eigenvalue weighted by Crippen LogP contribution is -2.13. The van der Waals surface area contributed by atoms with Crippen LogP contribution in [0.3, 0.4) is 0 Å². The number of rotatable bonds is 4. The highest BCUT2D eigenvalue weighted by Crippen LogP contribution is 2.22. The number of nitrogens with one attached hydrogen (secondary N) is 1. The van der Waals surface area contributed by atoms with Gasteiger partial charge in [-0.25, -0.2) is 0 Å². The molecule has 18 heavy (non-hydrogen) atoms. The van der Waals surface area contributed by atoms with Crippen LogP contribution >= 0.6 is 11.3 Å². The van der Waals surface area contributed by atoms with E-state index in [1.54, 1.807) is 11.3 Å². The van der Waals surface area contributed by atoms with E-state index in [4.69, 9.17) is 0 Å². The first-order chi connectivity index (χ1) is 8.58. The van der Waals surface area contributed by atoms with Crippen molar-refractivity contribution < 1.29 is 5.11 Å². The minimum absolute atomic E-state index is 0.410. The van der Waals surface area contributed by atoms with Crippen molar-refractivity contribution in [1.29, 1.82) is 0 Å². The Morgan fingerprint density at radius 2 is 1.67 bits per heavy atom. The highest BCUT2D eigenvalue weighted by molar-refractivity contribution is 7.08. The summed E-state index contributed by atoms with van der Waals surface area (Å²) in [5, 5.41) is 17.5. The molecule has 0 radical (unpaired) electrons. The monoisotopic (exact) mass is 261 g/mol. The van der Waals surface area contributed by atoms with Crippen LogP contribution < -0.4 is 5.32 Å². The van der Waals surface area contributed by atoms with E-state index >= 15 is 0 Å². The Morgan fingerprint density at radius 1 is 1.00 bits per heavy atom. The normalized spacial score (nSPS) is 10.8. The van der Waals surface area contributed by atoms with Crippen molar-refractivity contribution in [3.8, 4) is 5.75 Å². The van der Waals surface area contributed by atoms with Crippen LogP contribution in [0, 0.1) is 20.8 Å². The molecule has 0 aliphatic heterocycles. The third-order valence-electron chi connectivity index (χ3n) is 3.16. The summed E-state index contributed by atoms with van der Waals surface area (Å²) in [6, 6.07) is 4.08. The van der Waals surface area contributed by atoms with Crippen LogP contribution in [0.15, 0.2) is 22.9 Å². The van der Waals surface area contributed by atoms with Gasteiger partial charge in [-0.3, -0.25) is 0 Å². The van der Waals surface area contributed by atoms with Gasteiger partial charge in [-0.1, -0.05) is 12.1 Å². The second-order valence-electron chi connectivity index (χ2n) is 4.76. The Labute approximate surface area is 112 Å². The molecular formula is C15H19NOS. The van der Waals surface area contributed by atoms with Gasteiger partial charge in [0.15, 0.2) is 0 Å². The molecule has 0 aliphatic carbocycles. The van der Waals surface area contributed by atoms with Gasteiger partial charge in [0.05, 0.1) is 0 Å². The van der Waals surface area contributed by atoms with Gasteiger partial charge in [-0.2, -0.15) is 11.3 Å². The maximum atomic E-state index is 9.72. The number of aryl methyl sites for hydroxylation is 3. The predicted octanol–water partition coefficient (Wildman–Crippen LogP) is 3.67. The lowest BCUT2D eigenvalue weighted by atomic mass is 10.1. The molecule has 0 fully saturated rings. The molecule has 0 saturated carbocycles. The smallest absolute Gasteiger partial charge is 0.121 e. The molecule has 0 atom stereocenters. The molecule has 2 N–H and O–H groups in total. The SMILES string of the molecule is Cc1cscc1CNCc1cc(C)c(O)c(C)c1. The summed E-state index contributed by atoms with van der Waals surface area (Å²) in [6.45, 7) is 7.75. The lowest BCUT2D eigenvalue weighted by Gasteiger charge is -2.09. The summed E-state index contributed by atoms with van der Waals surface area (Å²) in [6.07, 6.45) is 0. The Bertz CT molecular complexity index is 522. The second-order valence-corrected chi connectivity index (χ2v) is 5.51. The molecule has 0 unspecified atom stereocenters. The van der Waals surface area contributed by atoms with Gasteiger partial charge >= 0.3 is 0 Å². The van der Waals surface area contributed by atoms with Crippen LogP contribution in [0.4, 0.5) is 0 Å². The standard InChI is InChI=1S/C15H19NOS/c1-10-4-13(5-11(2)15(10)17)6-16-7-14-9-18-8-12(14)3/h4-5,8-9,16-17H,6-7H2,1-3H3. The number of benzene rings is 1. The third-order valence-corrected chi connectivity index (χ3v) is 4.07. The van der Waals surface area contributed by atoms with E-state index in [9.17, 15) is 5.11 Å². The van der Waals surface area contributed by atoms with E-state index < -0.39 is 0 Å². The highest BCUT2D eigenvalue weighted by Gasteiger charge is 2.04. The zero-order chi connectivity index (χ0) is 13.1. The minimum Gasteiger partial charge on any atom is -0.507 e. The quantitative estimate of drug-likeness (QED) is 0.880. The average molecular weight is 261 g/mol. The number of thiophene rings is 1. The number of phenols is 1. The number of aromatic hydroxyl groups is 1. The summed E-state index contributed by atoms with van der Waals surface area (Å²) >= 11 is 1.75. The van der Waals surface area contributed by atoms with Gasteiger partial charge in [0.1, 0.15) is 5.75 Å². The summed E-state index contributed by atoms with van der Waals surface area (Å²) in [5.41, 5.74) is 5.82. The van der Waals surface area contributed by atoms with E-state index in [1.807, 2.05) is 26.0 Å². The molecule has 0 aliphatic rings. The van der Waals surface area contributed by atoms with Gasteiger partial charge in [-0.15, -0.1) is 0 Å². The predicted molar refractivity (Wildman–Crippen MR) is 77.2 cm³/mol. The van der Waals surface area contributed by atoms with Crippen LogP contribution in [0.25, 0.3) is 0 Å². The molecule has 2 nitrogen and oxygen atoms in total. The van der Waals surface area contributed by atoms with E-state index in [0.717, 1.165) is 24.2 Å². The Kier molecular flexibility index (Phi) is 4.04. The van der Waals surface area contributed by atoms with Crippen molar-refractivity contribution in [2.24, 2.45) is 0 Å². The molecule has 1 aromatic carbocycles. The van der Waals surface area contributed by atoms with Crippen molar-refractivity contribution in [1.82, 2.24) is 5.32 Å². The Morgan fingerprint density at radius 3 is 2.22 bits per heavy atom. The molecular weight excluding hydrogens is 242 g/mol. The van der Waals surface area contributed by atoms with Crippen LogP contribution in [-0.4, -0.2) is 5.11 Å². The van der Waals surface area contributed by atoms with Crippen LogP contribution in [-0.2, 0) is 13.1 Å².